The molecule has 0 saturated heterocycles. The van der Waals surface area contributed by atoms with E-state index in [1.54, 1.807) is 0 Å². The van der Waals surface area contributed by atoms with Crippen LogP contribution in [0.15, 0.2) is 18.2 Å². The lowest BCUT2D eigenvalue weighted by Crippen LogP contribution is -2.26. The fourth-order valence-corrected chi connectivity index (χ4v) is 1.59. The molecule has 0 aromatic heterocycles. The van der Waals surface area contributed by atoms with Gasteiger partial charge in [-0.25, -0.2) is 8.78 Å². The molecule has 6 heteroatoms. The monoisotopic (exact) mass is 206 g/mol. The molecule has 0 heterocycles. The van der Waals surface area contributed by atoms with Gasteiger partial charge in [-0.3, -0.25) is 0 Å². The number of rotatable bonds is 3. The smallest absolute Gasteiger partial charge is 0.256 e. The Balaban J connectivity index is 2.67. The predicted molar refractivity (Wildman–Crippen MR) is 43.8 cm³/mol. The molecule has 0 amide bonds. The largest absolute Gasteiger partial charge is 0.373 e. The van der Waals surface area contributed by atoms with Crippen molar-refractivity contribution >= 4 is 14.9 Å². The number of hydrogen-bond acceptors (Lipinski definition) is 3. The summed E-state index contributed by atoms with van der Waals surface area (Å²) in [7, 11) is -1.55. The van der Waals surface area contributed by atoms with Crippen LogP contribution in [-0.2, 0) is 4.43 Å². The Labute approximate surface area is 75.5 Å². The van der Waals surface area contributed by atoms with E-state index in [1.165, 1.54) is 6.07 Å². The molecule has 1 rings (SSSR count). The zero-order chi connectivity index (χ0) is 9.84. The molecule has 0 fully saturated rings. The molecule has 3 nitrogen and oxygen atoms in total. The van der Waals surface area contributed by atoms with Crippen LogP contribution in [0.1, 0.15) is 0 Å². The maximum Gasteiger partial charge on any atom is 0.256 e. The number of benzene rings is 1. The Bertz CT molecular complexity index is 293. The van der Waals surface area contributed by atoms with E-state index >= 15 is 0 Å². The molecule has 1 aromatic rings. The van der Waals surface area contributed by atoms with Gasteiger partial charge in [0.25, 0.3) is 6.48 Å². The van der Waals surface area contributed by atoms with E-state index in [9.17, 15) is 8.78 Å². The molecule has 0 spiro atoms. The quantitative estimate of drug-likeness (QED) is 0.490. The van der Waals surface area contributed by atoms with Crippen LogP contribution in [-0.4, -0.2) is 26.5 Å². The molecule has 0 aliphatic carbocycles. The first-order valence-electron chi connectivity index (χ1n) is 3.51. The van der Waals surface area contributed by atoms with Crippen LogP contribution >= 0.6 is 0 Å². The Kier molecular flexibility index (Phi) is 3.49. The van der Waals surface area contributed by atoms with E-state index in [1.807, 2.05) is 0 Å². The Hall–Kier alpha value is -0.823. The minimum atomic E-state index is -1.89. The van der Waals surface area contributed by atoms with Gasteiger partial charge in [0.2, 0.25) is 9.76 Å². The molecule has 0 atom stereocenters. The molecule has 0 radical (unpaired) electrons. The van der Waals surface area contributed by atoms with Gasteiger partial charge in [0, 0.05) is 6.07 Å². The summed E-state index contributed by atoms with van der Waals surface area (Å²) in [6.45, 7) is -1.89. The average molecular weight is 206 g/mol. The van der Waals surface area contributed by atoms with Gasteiger partial charge in [0.1, 0.15) is 11.6 Å². The van der Waals surface area contributed by atoms with Gasteiger partial charge in [0.15, 0.2) is 0 Å². The highest BCUT2D eigenvalue weighted by Gasteiger charge is 2.06. The summed E-state index contributed by atoms with van der Waals surface area (Å²) in [5, 5.41) is 16.9. The van der Waals surface area contributed by atoms with Gasteiger partial charge < -0.3 is 14.6 Å². The molecule has 0 aliphatic rings. The Morgan fingerprint density at radius 2 is 2.00 bits per heavy atom. The molecule has 0 saturated carbocycles. The topological polar surface area (TPSA) is 49.7 Å². The van der Waals surface area contributed by atoms with Gasteiger partial charge >= 0.3 is 0 Å². The predicted octanol–water partition coefficient (Wildman–Crippen LogP) is -1.04. The molecular formula is C7H8F2O3Si. The second-order valence-electron chi connectivity index (χ2n) is 2.37. The van der Waals surface area contributed by atoms with E-state index in [2.05, 4.69) is 4.43 Å². The minimum absolute atomic E-state index is 0.203. The van der Waals surface area contributed by atoms with E-state index in [-0.39, 0.29) is 5.19 Å². The second-order valence-corrected chi connectivity index (χ2v) is 3.76. The van der Waals surface area contributed by atoms with Crippen molar-refractivity contribution in [3.05, 3.63) is 29.8 Å². The summed E-state index contributed by atoms with van der Waals surface area (Å²) in [5.41, 5.74) is 0. The van der Waals surface area contributed by atoms with E-state index in [0.29, 0.717) is 0 Å². The van der Waals surface area contributed by atoms with E-state index in [4.69, 9.17) is 10.2 Å². The summed E-state index contributed by atoms with van der Waals surface area (Å²) in [6.07, 6.45) is 0. The number of aliphatic hydroxyl groups excluding tert-OH is 1. The maximum absolute atomic E-state index is 12.9. The molecule has 0 unspecified atom stereocenters. The molecule has 0 bridgehead atoms. The number of aliphatic hydroxyl groups is 2. The van der Waals surface area contributed by atoms with Crippen molar-refractivity contribution < 1.29 is 23.4 Å². The summed E-state index contributed by atoms with van der Waals surface area (Å²) in [6, 6.07) is 3.06. The SMILES string of the molecule is OC(O)O[SiH2]c1ccc(F)cc1F. The van der Waals surface area contributed by atoms with Crippen LogP contribution in [0.4, 0.5) is 8.78 Å². The van der Waals surface area contributed by atoms with Crippen molar-refractivity contribution in [3.8, 4) is 0 Å². The number of halogens is 2. The van der Waals surface area contributed by atoms with Crippen molar-refractivity contribution in [1.29, 1.82) is 0 Å². The van der Waals surface area contributed by atoms with Crippen LogP contribution in [0.5, 0.6) is 0 Å². The van der Waals surface area contributed by atoms with Crippen molar-refractivity contribution in [2.24, 2.45) is 0 Å². The van der Waals surface area contributed by atoms with E-state index in [0.717, 1.165) is 12.1 Å². The Morgan fingerprint density at radius 1 is 1.31 bits per heavy atom. The highest BCUT2D eigenvalue weighted by Crippen LogP contribution is 1.98. The first kappa shape index (κ1) is 10.3. The summed E-state index contributed by atoms with van der Waals surface area (Å²) >= 11 is 0. The van der Waals surface area contributed by atoms with Gasteiger partial charge in [-0.05, 0) is 11.3 Å². The van der Waals surface area contributed by atoms with Crippen LogP contribution in [0.3, 0.4) is 0 Å². The van der Waals surface area contributed by atoms with Crippen LogP contribution < -0.4 is 5.19 Å². The van der Waals surface area contributed by atoms with Crippen LogP contribution in [0, 0.1) is 11.6 Å². The highest BCUT2D eigenvalue weighted by atomic mass is 28.2. The lowest BCUT2D eigenvalue weighted by molar-refractivity contribution is -0.179. The van der Waals surface area contributed by atoms with Crippen molar-refractivity contribution in [1.82, 2.24) is 0 Å². The van der Waals surface area contributed by atoms with Gasteiger partial charge in [-0.2, -0.15) is 0 Å². The second kappa shape index (κ2) is 4.42. The fraction of sp³-hybridized carbons (Fsp3) is 0.143. The minimum Gasteiger partial charge on any atom is -0.373 e. The van der Waals surface area contributed by atoms with Crippen LogP contribution in [0.2, 0.25) is 0 Å². The maximum atomic E-state index is 12.9. The lowest BCUT2D eigenvalue weighted by atomic mass is 10.3. The third kappa shape index (κ3) is 3.19. The summed E-state index contributed by atoms with van der Waals surface area (Å²) < 4.78 is 29.7. The molecule has 1 aromatic carbocycles. The van der Waals surface area contributed by atoms with Crippen LogP contribution in [0.25, 0.3) is 0 Å². The van der Waals surface area contributed by atoms with Gasteiger partial charge in [0.05, 0.1) is 0 Å². The summed E-state index contributed by atoms with van der Waals surface area (Å²) in [5.74, 6) is -1.38. The highest BCUT2D eigenvalue weighted by molar-refractivity contribution is 6.47. The van der Waals surface area contributed by atoms with E-state index < -0.39 is 27.9 Å². The summed E-state index contributed by atoms with van der Waals surface area (Å²) in [4.78, 5) is 0. The van der Waals surface area contributed by atoms with Crippen molar-refractivity contribution in [2.75, 3.05) is 0 Å². The lowest BCUT2D eigenvalue weighted by Gasteiger charge is -2.05. The van der Waals surface area contributed by atoms with Crippen molar-refractivity contribution in [3.63, 3.8) is 0 Å². The average Bonchev–Trinajstić information content (AvgIpc) is 2.02. The molecule has 72 valence electrons. The van der Waals surface area contributed by atoms with Crippen molar-refractivity contribution in [2.45, 2.75) is 6.48 Å². The Morgan fingerprint density at radius 3 is 2.54 bits per heavy atom. The zero-order valence-electron chi connectivity index (χ0n) is 6.58. The molecule has 2 N–H and O–H groups in total. The first-order chi connectivity index (χ1) is 6.09. The third-order valence-electron chi connectivity index (χ3n) is 1.40. The standard InChI is InChI=1S/C7H8F2O3Si/c8-4-1-2-6(5(9)3-4)13-12-7(10)11/h1-3,7,10-11H,13H2. The first-order valence-corrected chi connectivity index (χ1v) is 4.79. The normalized spacial score (nSPS) is 11.8. The van der Waals surface area contributed by atoms with Gasteiger partial charge in [-0.15, -0.1) is 0 Å². The molecular weight excluding hydrogens is 198 g/mol. The third-order valence-corrected chi connectivity index (χ3v) is 2.75. The van der Waals surface area contributed by atoms with Gasteiger partial charge in [-0.1, -0.05) is 6.07 Å². The number of hydrogen-bond donors (Lipinski definition) is 2. The molecule has 13 heavy (non-hydrogen) atoms. The molecule has 0 aliphatic heterocycles. The fourth-order valence-electron chi connectivity index (χ4n) is 0.803. The zero-order valence-corrected chi connectivity index (χ0v) is 7.99.